The van der Waals surface area contributed by atoms with Crippen LogP contribution in [-0.4, -0.2) is 16.4 Å². The van der Waals surface area contributed by atoms with E-state index in [1.54, 1.807) is 6.92 Å². The van der Waals surface area contributed by atoms with Gasteiger partial charge in [0.1, 0.15) is 5.69 Å². The van der Waals surface area contributed by atoms with Gasteiger partial charge in [-0.05, 0) is 20.8 Å². The summed E-state index contributed by atoms with van der Waals surface area (Å²) in [6.07, 6.45) is 0. The topological polar surface area (TPSA) is 55.1 Å². The summed E-state index contributed by atoms with van der Waals surface area (Å²) < 4.78 is 5.45. The quantitative estimate of drug-likeness (QED) is 0.900. The molecule has 0 fully saturated rings. The number of aromatic nitrogens is 1. The smallest absolute Gasteiger partial charge is 0.289 e. The molecule has 0 spiro atoms. The van der Waals surface area contributed by atoms with Crippen molar-refractivity contribution in [2.75, 3.05) is 0 Å². The Morgan fingerprint density at radius 3 is 2.42 bits per heavy atom. The van der Waals surface area contributed by atoms with E-state index in [0.717, 1.165) is 5.56 Å². The summed E-state index contributed by atoms with van der Waals surface area (Å²) in [4.78, 5) is 16.5. The van der Waals surface area contributed by atoms with Crippen molar-refractivity contribution < 1.29 is 9.21 Å². The average Bonchev–Trinajstić information content (AvgIpc) is 2.70. The van der Waals surface area contributed by atoms with E-state index in [0.29, 0.717) is 11.6 Å². The van der Waals surface area contributed by atoms with E-state index in [2.05, 4.69) is 10.3 Å². The number of rotatable bonds is 2. The number of carbonyl (C=O) groups excluding carboxylic acids is 1. The number of nitrogens with zero attached hydrogens (tertiary/aromatic N) is 1. The molecule has 0 radical (unpaired) electrons. The van der Waals surface area contributed by atoms with Crippen LogP contribution in [0.5, 0.6) is 0 Å². The Hall–Kier alpha value is -2.10. The van der Waals surface area contributed by atoms with Gasteiger partial charge in [-0.3, -0.25) is 4.79 Å². The fourth-order valence-corrected chi connectivity index (χ4v) is 1.77. The normalized spacial score (nSPS) is 11.4. The van der Waals surface area contributed by atoms with Crippen LogP contribution >= 0.6 is 0 Å². The van der Waals surface area contributed by atoms with Gasteiger partial charge in [0.25, 0.3) is 5.91 Å². The molecule has 1 aromatic heterocycles. The third-order valence-electron chi connectivity index (χ3n) is 2.48. The zero-order valence-electron chi connectivity index (χ0n) is 11.7. The molecule has 100 valence electrons. The van der Waals surface area contributed by atoms with Crippen LogP contribution in [-0.2, 0) is 0 Å². The van der Waals surface area contributed by atoms with E-state index in [-0.39, 0.29) is 17.2 Å². The van der Waals surface area contributed by atoms with Gasteiger partial charge in [-0.2, -0.15) is 0 Å². The molecule has 0 atom stereocenters. The minimum Gasteiger partial charge on any atom is -0.435 e. The van der Waals surface area contributed by atoms with Gasteiger partial charge in [-0.1, -0.05) is 30.3 Å². The molecule has 19 heavy (non-hydrogen) atoms. The van der Waals surface area contributed by atoms with Gasteiger partial charge in [0.15, 0.2) is 5.89 Å². The lowest BCUT2D eigenvalue weighted by Crippen LogP contribution is -2.40. The number of hydrogen-bond acceptors (Lipinski definition) is 3. The number of oxazole rings is 1. The van der Waals surface area contributed by atoms with E-state index in [1.807, 2.05) is 51.1 Å². The molecule has 0 unspecified atom stereocenters. The van der Waals surface area contributed by atoms with Crippen molar-refractivity contribution in [2.45, 2.75) is 33.2 Å². The molecule has 2 aromatic rings. The van der Waals surface area contributed by atoms with E-state index < -0.39 is 0 Å². The van der Waals surface area contributed by atoms with Crippen molar-refractivity contribution >= 4 is 5.91 Å². The van der Waals surface area contributed by atoms with E-state index in [1.165, 1.54) is 0 Å². The number of aryl methyl sites for hydroxylation is 1. The van der Waals surface area contributed by atoms with Crippen LogP contribution in [0.3, 0.4) is 0 Å². The standard InChI is InChI=1S/C15H18N2O2/c1-10-16-12(11-8-6-5-7-9-11)13(19-10)14(18)17-15(2,3)4/h5-9H,1-4H3,(H,17,18). The minimum atomic E-state index is -0.314. The second kappa shape index (κ2) is 4.88. The third kappa shape index (κ3) is 3.22. The van der Waals surface area contributed by atoms with E-state index in [9.17, 15) is 4.79 Å². The number of hydrogen-bond donors (Lipinski definition) is 1. The molecule has 0 aliphatic heterocycles. The summed E-state index contributed by atoms with van der Waals surface area (Å²) in [5.74, 6) is 0.503. The highest BCUT2D eigenvalue weighted by Gasteiger charge is 2.23. The number of benzene rings is 1. The monoisotopic (exact) mass is 258 g/mol. The maximum atomic E-state index is 12.2. The fourth-order valence-electron chi connectivity index (χ4n) is 1.77. The first-order valence-electron chi connectivity index (χ1n) is 6.22. The first-order chi connectivity index (χ1) is 8.87. The molecule has 1 aromatic carbocycles. The molecular formula is C15H18N2O2. The third-order valence-corrected chi connectivity index (χ3v) is 2.48. The molecule has 1 N–H and O–H groups in total. The number of carbonyl (C=O) groups is 1. The molecule has 0 saturated carbocycles. The zero-order valence-corrected chi connectivity index (χ0v) is 11.7. The van der Waals surface area contributed by atoms with Crippen LogP contribution in [0.4, 0.5) is 0 Å². The van der Waals surface area contributed by atoms with Gasteiger partial charge < -0.3 is 9.73 Å². The average molecular weight is 258 g/mol. The minimum absolute atomic E-state index is 0.244. The molecule has 4 heteroatoms. The largest absolute Gasteiger partial charge is 0.435 e. The van der Waals surface area contributed by atoms with Crippen LogP contribution < -0.4 is 5.32 Å². The van der Waals surface area contributed by atoms with Crippen molar-refractivity contribution in [3.05, 3.63) is 42.0 Å². The van der Waals surface area contributed by atoms with Crippen molar-refractivity contribution in [1.29, 1.82) is 0 Å². The van der Waals surface area contributed by atoms with Crippen molar-refractivity contribution in [2.24, 2.45) is 0 Å². The Bertz CT molecular complexity index is 580. The lowest BCUT2D eigenvalue weighted by molar-refractivity contribution is 0.0890. The van der Waals surface area contributed by atoms with Gasteiger partial charge in [0.05, 0.1) is 0 Å². The van der Waals surface area contributed by atoms with Crippen LogP contribution in [0.1, 0.15) is 37.2 Å². The summed E-state index contributed by atoms with van der Waals surface area (Å²) in [6.45, 7) is 7.52. The Kier molecular flexibility index (Phi) is 3.42. The molecule has 0 saturated heterocycles. The summed E-state index contributed by atoms with van der Waals surface area (Å²) in [5, 5.41) is 2.89. The van der Waals surface area contributed by atoms with Crippen molar-refractivity contribution in [3.8, 4) is 11.3 Å². The van der Waals surface area contributed by atoms with Gasteiger partial charge in [-0.15, -0.1) is 0 Å². The van der Waals surface area contributed by atoms with Crippen LogP contribution in [0.25, 0.3) is 11.3 Å². The maximum absolute atomic E-state index is 12.2. The Morgan fingerprint density at radius 1 is 1.21 bits per heavy atom. The van der Waals surface area contributed by atoms with Gasteiger partial charge >= 0.3 is 0 Å². The van der Waals surface area contributed by atoms with Gasteiger partial charge in [0, 0.05) is 18.0 Å². The van der Waals surface area contributed by atoms with Crippen molar-refractivity contribution in [1.82, 2.24) is 10.3 Å². The van der Waals surface area contributed by atoms with E-state index in [4.69, 9.17) is 4.42 Å². The van der Waals surface area contributed by atoms with Crippen LogP contribution in [0.15, 0.2) is 34.7 Å². The molecule has 2 rings (SSSR count). The molecule has 0 bridgehead atoms. The summed E-state index contributed by atoms with van der Waals surface area (Å²) in [5.41, 5.74) is 1.14. The lowest BCUT2D eigenvalue weighted by atomic mass is 10.1. The highest BCUT2D eigenvalue weighted by molar-refractivity contribution is 5.97. The fraction of sp³-hybridized carbons (Fsp3) is 0.333. The summed E-state index contributed by atoms with van der Waals surface area (Å²) in [6, 6.07) is 9.55. The predicted molar refractivity (Wildman–Crippen MR) is 73.9 cm³/mol. The molecule has 1 amide bonds. The van der Waals surface area contributed by atoms with Crippen molar-refractivity contribution in [3.63, 3.8) is 0 Å². The second-order valence-electron chi connectivity index (χ2n) is 5.48. The second-order valence-corrected chi connectivity index (χ2v) is 5.48. The highest BCUT2D eigenvalue weighted by Crippen LogP contribution is 2.24. The predicted octanol–water partition coefficient (Wildman–Crippen LogP) is 3.18. The van der Waals surface area contributed by atoms with Crippen LogP contribution in [0.2, 0.25) is 0 Å². The summed E-state index contributed by atoms with van der Waals surface area (Å²) >= 11 is 0. The highest BCUT2D eigenvalue weighted by atomic mass is 16.4. The molecule has 0 aliphatic rings. The van der Waals surface area contributed by atoms with Gasteiger partial charge in [-0.25, -0.2) is 4.98 Å². The zero-order chi connectivity index (χ0) is 14.0. The maximum Gasteiger partial charge on any atom is 0.289 e. The lowest BCUT2D eigenvalue weighted by Gasteiger charge is -2.19. The Morgan fingerprint density at radius 2 is 1.84 bits per heavy atom. The Labute approximate surface area is 112 Å². The van der Waals surface area contributed by atoms with E-state index >= 15 is 0 Å². The first-order valence-corrected chi connectivity index (χ1v) is 6.22. The first kappa shape index (κ1) is 13.3. The Balaban J connectivity index is 2.40. The molecular weight excluding hydrogens is 240 g/mol. The number of nitrogens with one attached hydrogen (secondary N) is 1. The van der Waals surface area contributed by atoms with Crippen LogP contribution in [0, 0.1) is 6.92 Å². The summed E-state index contributed by atoms with van der Waals surface area (Å²) in [7, 11) is 0. The van der Waals surface area contributed by atoms with Gasteiger partial charge in [0.2, 0.25) is 5.76 Å². The number of amides is 1. The molecule has 1 heterocycles. The molecule has 0 aliphatic carbocycles. The molecule has 4 nitrogen and oxygen atoms in total. The SMILES string of the molecule is Cc1nc(-c2ccccc2)c(C(=O)NC(C)(C)C)o1.